The minimum atomic E-state index is 0.628. The maximum absolute atomic E-state index is 4.22. The second kappa shape index (κ2) is 10.1. The Morgan fingerprint density at radius 3 is 2.48 bits per heavy atom. The number of rotatable bonds is 8. The van der Waals surface area contributed by atoms with E-state index in [2.05, 4.69) is 71.8 Å². The zero-order chi connectivity index (χ0) is 15.5. The van der Waals surface area contributed by atoms with Gasteiger partial charge in [-0.25, -0.2) is 0 Å². The fraction of sp³-hybridized carbons (Fsp3) is 0.588. The number of guanidine groups is 1. The fourth-order valence-corrected chi connectivity index (χ4v) is 2.01. The molecule has 4 heteroatoms. The molecule has 0 aliphatic carbocycles. The molecule has 1 aromatic carbocycles. The van der Waals surface area contributed by atoms with E-state index in [1.54, 1.807) is 0 Å². The summed E-state index contributed by atoms with van der Waals surface area (Å²) in [6.45, 7) is 7.37. The number of nitrogens with one attached hydrogen (secondary N) is 2. The molecule has 0 saturated carbocycles. The van der Waals surface area contributed by atoms with Gasteiger partial charge >= 0.3 is 0 Å². The molecule has 0 fully saturated rings. The summed E-state index contributed by atoms with van der Waals surface area (Å²) in [5, 5.41) is 6.68. The summed E-state index contributed by atoms with van der Waals surface area (Å²) in [5.41, 5.74) is 1.28. The van der Waals surface area contributed by atoms with Crippen molar-refractivity contribution in [3.8, 4) is 0 Å². The van der Waals surface area contributed by atoms with Crippen LogP contribution in [0.15, 0.2) is 35.3 Å². The van der Waals surface area contributed by atoms with Crippen LogP contribution < -0.4 is 15.5 Å². The number of nitrogens with zero attached hydrogens (tertiary/aromatic N) is 2. The minimum Gasteiger partial charge on any atom is -0.375 e. The molecule has 118 valence electrons. The van der Waals surface area contributed by atoms with E-state index < -0.39 is 0 Å². The minimum absolute atomic E-state index is 0.628. The van der Waals surface area contributed by atoms with Crippen molar-refractivity contribution < 1.29 is 0 Å². The summed E-state index contributed by atoms with van der Waals surface area (Å²) in [4.78, 5) is 6.52. The van der Waals surface area contributed by atoms with Gasteiger partial charge in [-0.2, -0.15) is 0 Å². The molecular weight excluding hydrogens is 260 g/mol. The molecule has 0 aromatic heterocycles. The Morgan fingerprint density at radius 2 is 1.86 bits per heavy atom. The first-order chi connectivity index (χ1) is 10.1. The van der Waals surface area contributed by atoms with E-state index in [0.29, 0.717) is 5.92 Å². The van der Waals surface area contributed by atoms with Crippen LogP contribution in [0.3, 0.4) is 0 Å². The molecule has 1 aromatic rings. The molecule has 0 saturated heterocycles. The van der Waals surface area contributed by atoms with Gasteiger partial charge in [0.15, 0.2) is 5.96 Å². The predicted octanol–water partition coefficient (Wildman–Crippen LogP) is 2.72. The van der Waals surface area contributed by atoms with Gasteiger partial charge in [0.05, 0.1) is 0 Å². The molecule has 2 N–H and O–H groups in total. The molecule has 0 unspecified atom stereocenters. The fourth-order valence-electron chi connectivity index (χ4n) is 2.01. The van der Waals surface area contributed by atoms with Crippen molar-refractivity contribution >= 4 is 11.6 Å². The molecule has 1 rings (SSSR count). The van der Waals surface area contributed by atoms with Gasteiger partial charge in [-0.05, 0) is 30.9 Å². The average Bonchev–Trinajstić information content (AvgIpc) is 2.50. The third-order valence-electron chi connectivity index (χ3n) is 3.31. The van der Waals surface area contributed by atoms with Crippen LogP contribution in [0.5, 0.6) is 0 Å². The standard InChI is InChI=1S/C17H30N4/c1-15(2)14-20-17(18-3)19-12-8-9-13-21(4)16-10-6-5-7-11-16/h5-7,10-11,15H,8-9,12-14H2,1-4H3,(H2,18,19,20). The van der Waals surface area contributed by atoms with Crippen LogP contribution in [0.2, 0.25) is 0 Å². The van der Waals surface area contributed by atoms with Gasteiger partial charge in [0.1, 0.15) is 0 Å². The van der Waals surface area contributed by atoms with E-state index in [-0.39, 0.29) is 0 Å². The lowest BCUT2D eigenvalue weighted by Crippen LogP contribution is -2.39. The molecule has 21 heavy (non-hydrogen) atoms. The molecule has 0 spiro atoms. The molecule has 0 aliphatic heterocycles. The van der Waals surface area contributed by atoms with Crippen molar-refractivity contribution in [2.45, 2.75) is 26.7 Å². The molecular formula is C17H30N4. The lowest BCUT2D eigenvalue weighted by atomic mass is 10.2. The number of anilines is 1. The van der Waals surface area contributed by atoms with Crippen LogP contribution in [0.25, 0.3) is 0 Å². The Morgan fingerprint density at radius 1 is 1.14 bits per heavy atom. The third-order valence-corrected chi connectivity index (χ3v) is 3.31. The Labute approximate surface area is 129 Å². The predicted molar refractivity (Wildman–Crippen MR) is 93.1 cm³/mol. The quantitative estimate of drug-likeness (QED) is 0.439. The Kier molecular flexibility index (Phi) is 8.32. The van der Waals surface area contributed by atoms with Crippen molar-refractivity contribution in [2.24, 2.45) is 10.9 Å². The number of aliphatic imine (C=N–C) groups is 1. The van der Waals surface area contributed by atoms with Gasteiger partial charge in [0.25, 0.3) is 0 Å². The highest BCUT2D eigenvalue weighted by molar-refractivity contribution is 5.79. The van der Waals surface area contributed by atoms with Crippen LogP contribution >= 0.6 is 0 Å². The first-order valence-corrected chi connectivity index (χ1v) is 7.84. The molecule has 0 atom stereocenters. The Bertz CT molecular complexity index is 401. The van der Waals surface area contributed by atoms with Gasteiger partial charge in [-0.3, -0.25) is 4.99 Å². The van der Waals surface area contributed by atoms with Crippen LogP contribution in [-0.2, 0) is 0 Å². The summed E-state index contributed by atoms with van der Waals surface area (Å²) < 4.78 is 0. The number of unbranched alkanes of at least 4 members (excludes halogenated alkanes) is 1. The van der Waals surface area contributed by atoms with Crippen molar-refractivity contribution in [1.82, 2.24) is 10.6 Å². The number of benzene rings is 1. The molecule has 0 aliphatic rings. The molecule has 0 heterocycles. The molecule has 0 amide bonds. The van der Waals surface area contributed by atoms with E-state index >= 15 is 0 Å². The van der Waals surface area contributed by atoms with Gasteiger partial charge in [-0.1, -0.05) is 32.0 Å². The van der Waals surface area contributed by atoms with Crippen LogP contribution in [0, 0.1) is 5.92 Å². The second-order valence-electron chi connectivity index (χ2n) is 5.74. The lowest BCUT2D eigenvalue weighted by Gasteiger charge is -2.19. The van der Waals surface area contributed by atoms with Crippen molar-refractivity contribution in [3.05, 3.63) is 30.3 Å². The zero-order valence-corrected chi connectivity index (χ0v) is 13.9. The SMILES string of the molecule is CN=C(NCCCCN(C)c1ccccc1)NCC(C)C. The van der Waals surface area contributed by atoms with Crippen LogP contribution in [-0.4, -0.2) is 39.7 Å². The maximum Gasteiger partial charge on any atom is 0.190 e. The summed E-state index contributed by atoms with van der Waals surface area (Å²) in [6, 6.07) is 10.5. The van der Waals surface area contributed by atoms with Crippen molar-refractivity contribution in [1.29, 1.82) is 0 Å². The molecule has 0 radical (unpaired) electrons. The van der Waals surface area contributed by atoms with Gasteiger partial charge < -0.3 is 15.5 Å². The highest BCUT2D eigenvalue weighted by Gasteiger charge is 2.01. The van der Waals surface area contributed by atoms with Gasteiger partial charge in [0, 0.05) is 39.4 Å². The summed E-state index contributed by atoms with van der Waals surface area (Å²) in [7, 11) is 3.96. The third kappa shape index (κ3) is 7.59. The molecule has 4 nitrogen and oxygen atoms in total. The topological polar surface area (TPSA) is 39.7 Å². The summed E-state index contributed by atoms with van der Waals surface area (Å²) in [6.07, 6.45) is 2.30. The Balaban J connectivity index is 2.13. The highest BCUT2D eigenvalue weighted by Crippen LogP contribution is 2.11. The van der Waals surface area contributed by atoms with Gasteiger partial charge in [-0.15, -0.1) is 0 Å². The summed E-state index contributed by atoms with van der Waals surface area (Å²) in [5.74, 6) is 1.53. The smallest absolute Gasteiger partial charge is 0.190 e. The van der Waals surface area contributed by atoms with E-state index in [4.69, 9.17) is 0 Å². The van der Waals surface area contributed by atoms with Crippen molar-refractivity contribution in [2.75, 3.05) is 38.6 Å². The Hall–Kier alpha value is -1.71. The maximum atomic E-state index is 4.22. The van der Waals surface area contributed by atoms with E-state index in [1.807, 2.05) is 7.05 Å². The van der Waals surface area contributed by atoms with Crippen LogP contribution in [0.1, 0.15) is 26.7 Å². The first kappa shape index (κ1) is 17.3. The van der Waals surface area contributed by atoms with Crippen molar-refractivity contribution in [3.63, 3.8) is 0 Å². The summed E-state index contributed by atoms with van der Waals surface area (Å²) >= 11 is 0. The van der Waals surface area contributed by atoms with E-state index in [1.165, 1.54) is 12.1 Å². The molecule has 0 bridgehead atoms. The average molecular weight is 290 g/mol. The normalized spacial score (nSPS) is 11.6. The second-order valence-corrected chi connectivity index (χ2v) is 5.74. The van der Waals surface area contributed by atoms with E-state index in [0.717, 1.165) is 32.0 Å². The number of hydrogen-bond acceptors (Lipinski definition) is 2. The lowest BCUT2D eigenvalue weighted by molar-refractivity contribution is 0.610. The number of para-hydroxylation sites is 1. The van der Waals surface area contributed by atoms with Crippen LogP contribution in [0.4, 0.5) is 5.69 Å². The van der Waals surface area contributed by atoms with E-state index in [9.17, 15) is 0 Å². The zero-order valence-electron chi connectivity index (χ0n) is 13.9. The highest BCUT2D eigenvalue weighted by atomic mass is 15.2. The first-order valence-electron chi connectivity index (χ1n) is 7.84. The largest absolute Gasteiger partial charge is 0.375 e. The monoisotopic (exact) mass is 290 g/mol. The number of hydrogen-bond donors (Lipinski definition) is 2. The van der Waals surface area contributed by atoms with Gasteiger partial charge in [0.2, 0.25) is 0 Å².